The molecule has 20 heavy (non-hydrogen) atoms. The van der Waals surface area contributed by atoms with Crippen molar-refractivity contribution in [3.05, 3.63) is 48.6 Å². The summed E-state index contributed by atoms with van der Waals surface area (Å²) in [4.78, 5) is 11.5. The van der Waals surface area contributed by atoms with Crippen LogP contribution in [0, 0.1) is 5.92 Å². The van der Waals surface area contributed by atoms with Gasteiger partial charge in [-0.25, -0.2) is 0 Å². The van der Waals surface area contributed by atoms with Gasteiger partial charge in [-0.3, -0.25) is 4.79 Å². The number of hydrogen-bond acceptors (Lipinski definition) is 4. The molecule has 0 saturated carbocycles. The minimum atomic E-state index is -0.781. The summed E-state index contributed by atoms with van der Waals surface area (Å²) in [6.07, 6.45) is 1.61. The second-order valence-corrected chi connectivity index (χ2v) is 4.55. The quantitative estimate of drug-likeness (QED) is 0.428. The van der Waals surface area contributed by atoms with Gasteiger partial charge < -0.3 is 14.6 Å². The lowest BCUT2D eigenvalue weighted by Gasteiger charge is -2.19. The zero-order valence-electron chi connectivity index (χ0n) is 11.8. The van der Waals surface area contributed by atoms with Gasteiger partial charge >= 0.3 is 5.97 Å². The molecule has 110 valence electrons. The lowest BCUT2D eigenvalue weighted by Crippen LogP contribution is -2.30. The molecule has 0 radical (unpaired) electrons. The highest BCUT2D eigenvalue weighted by molar-refractivity contribution is 5.73. The lowest BCUT2D eigenvalue weighted by molar-refractivity contribution is -0.149. The van der Waals surface area contributed by atoms with E-state index in [2.05, 4.69) is 11.3 Å². The van der Waals surface area contributed by atoms with Crippen LogP contribution < -0.4 is 0 Å². The van der Waals surface area contributed by atoms with E-state index in [9.17, 15) is 9.90 Å². The van der Waals surface area contributed by atoms with Gasteiger partial charge in [0, 0.05) is 6.61 Å². The molecule has 0 unspecified atom stereocenters. The van der Waals surface area contributed by atoms with E-state index in [-0.39, 0.29) is 0 Å². The van der Waals surface area contributed by atoms with Crippen LogP contribution in [0.1, 0.15) is 18.4 Å². The fraction of sp³-hybridized carbons (Fsp3) is 0.438. The first kappa shape index (κ1) is 16.4. The molecular formula is C16H22O4. The smallest absolute Gasteiger partial charge is 0.311 e. The molecule has 0 heterocycles. The lowest BCUT2D eigenvalue weighted by atomic mass is 9.96. The number of rotatable bonds is 9. The van der Waals surface area contributed by atoms with Crippen LogP contribution in [-0.4, -0.2) is 30.9 Å². The summed E-state index contributed by atoms with van der Waals surface area (Å²) >= 11 is 0. The summed E-state index contributed by atoms with van der Waals surface area (Å²) in [5, 5.41) is 10.0. The molecule has 0 saturated heterocycles. The molecule has 0 aliphatic heterocycles. The van der Waals surface area contributed by atoms with Crippen LogP contribution in [0.2, 0.25) is 0 Å². The predicted molar refractivity (Wildman–Crippen MR) is 77.0 cm³/mol. The number of ether oxygens (including phenoxy) is 2. The largest absolute Gasteiger partial charge is 0.469 e. The average molecular weight is 278 g/mol. The molecule has 1 aromatic carbocycles. The molecule has 1 N–H and O–H groups in total. The van der Waals surface area contributed by atoms with E-state index >= 15 is 0 Å². The average Bonchev–Trinajstić information content (AvgIpc) is 2.49. The summed E-state index contributed by atoms with van der Waals surface area (Å²) in [5.74, 6) is -0.988. The standard InChI is InChI=1S/C16H22O4/c1-3-7-14(16(18)19-2)15(17)10-11-20-12-13-8-5-4-6-9-13/h3-6,8-9,14-15,17H,1,7,10-12H2,2H3/t14-,15-/m1/s1. The first-order valence-corrected chi connectivity index (χ1v) is 6.67. The number of carbonyl (C=O) groups is 1. The van der Waals surface area contributed by atoms with E-state index in [0.717, 1.165) is 5.56 Å². The number of carbonyl (C=O) groups excluding carboxylic acids is 1. The molecule has 1 rings (SSSR count). The van der Waals surface area contributed by atoms with Crippen LogP contribution in [0.3, 0.4) is 0 Å². The van der Waals surface area contributed by atoms with E-state index in [0.29, 0.717) is 26.1 Å². The number of esters is 1. The fourth-order valence-electron chi connectivity index (χ4n) is 1.91. The second-order valence-electron chi connectivity index (χ2n) is 4.55. The Balaban J connectivity index is 2.32. The minimum Gasteiger partial charge on any atom is -0.469 e. The minimum absolute atomic E-state index is 0.389. The first-order valence-electron chi connectivity index (χ1n) is 6.67. The van der Waals surface area contributed by atoms with Crippen LogP contribution in [0.5, 0.6) is 0 Å². The molecule has 0 aliphatic carbocycles. The van der Waals surface area contributed by atoms with Crippen molar-refractivity contribution in [2.24, 2.45) is 5.92 Å². The number of aliphatic hydroxyl groups is 1. The van der Waals surface area contributed by atoms with Gasteiger partial charge in [-0.15, -0.1) is 6.58 Å². The molecular weight excluding hydrogens is 256 g/mol. The number of allylic oxidation sites excluding steroid dienone is 1. The zero-order valence-corrected chi connectivity index (χ0v) is 11.8. The van der Waals surface area contributed by atoms with Crippen molar-refractivity contribution in [1.82, 2.24) is 0 Å². The molecule has 2 atom stereocenters. The van der Waals surface area contributed by atoms with Gasteiger partial charge in [0.15, 0.2) is 0 Å². The molecule has 0 spiro atoms. The Morgan fingerprint density at radius 3 is 2.70 bits per heavy atom. The number of aliphatic hydroxyl groups excluding tert-OH is 1. The van der Waals surface area contributed by atoms with Crippen LogP contribution in [-0.2, 0) is 20.9 Å². The van der Waals surface area contributed by atoms with Gasteiger partial charge in [0.1, 0.15) is 0 Å². The highest BCUT2D eigenvalue weighted by Gasteiger charge is 2.26. The third-order valence-corrected chi connectivity index (χ3v) is 3.06. The van der Waals surface area contributed by atoms with Gasteiger partial charge in [-0.2, -0.15) is 0 Å². The summed E-state index contributed by atoms with van der Waals surface area (Å²) in [6.45, 7) is 4.47. The fourth-order valence-corrected chi connectivity index (χ4v) is 1.91. The van der Waals surface area contributed by atoms with E-state index in [1.54, 1.807) is 6.08 Å². The highest BCUT2D eigenvalue weighted by Crippen LogP contribution is 2.15. The van der Waals surface area contributed by atoms with Gasteiger partial charge in [-0.1, -0.05) is 36.4 Å². The Kier molecular flexibility index (Phi) is 7.62. The van der Waals surface area contributed by atoms with Crippen molar-refractivity contribution in [2.45, 2.75) is 25.6 Å². The van der Waals surface area contributed by atoms with Crippen molar-refractivity contribution < 1.29 is 19.4 Å². The molecule has 1 aromatic rings. The van der Waals surface area contributed by atoms with Crippen LogP contribution in [0.4, 0.5) is 0 Å². The number of hydrogen-bond donors (Lipinski definition) is 1. The summed E-state index contributed by atoms with van der Waals surface area (Å²) in [5.41, 5.74) is 1.08. The summed E-state index contributed by atoms with van der Waals surface area (Å²) < 4.78 is 10.2. The number of methoxy groups -OCH3 is 1. The van der Waals surface area contributed by atoms with Crippen molar-refractivity contribution in [3.8, 4) is 0 Å². The SMILES string of the molecule is C=CC[C@@H](C(=O)OC)[C@H](O)CCOCc1ccccc1. The van der Waals surface area contributed by atoms with E-state index < -0.39 is 18.0 Å². The molecule has 0 amide bonds. The van der Waals surface area contributed by atoms with Crippen molar-refractivity contribution in [2.75, 3.05) is 13.7 Å². The highest BCUT2D eigenvalue weighted by atomic mass is 16.5. The van der Waals surface area contributed by atoms with Crippen LogP contribution in [0.25, 0.3) is 0 Å². The number of benzene rings is 1. The van der Waals surface area contributed by atoms with Crippen molar-refractivity contribution in [3.63, 3.8) is 0 Å². The van der Waals surface area contributed by atoms with Crippen molar-refractivity contribution >= 4 is 5.97 Å². The Morgan fingerprint density at radius 2 is 2.10 bits per heavy atom. The Hall–Kier alpha value is -1.65. The molecule has 0 aromatic heterocycles. The maximum atomic E-state index is 11.5. The monoisotopic (exact) mass is 278 g/mol. The molecule has 0 fully saturated rings. The zero-order chi connectivity index (χ0) is 14.8. The predicted octanol–water partition coefficient (Wildman–Crippen LogP) is 2.32. The summed E-state index contributed by atoms with van der Waals surface area (Å²) in [6, 6.07) is 9.80. The molecule has 4 nitrogen and oxygen atoms in total. The molecule has 4 heteroatoms. The third-order valence-electron chi connectivity index (χ3n) is 3.06. The van der Waals surface area contributed by atoms with Gasteiger partial charge in [0.2, 0.25) is 0 Å². The first-order chi connectivity index (χ1) is 9.69. The normalized spacial score (nSPS) is 13.5. The Labute approximate surface area is 120 Å². The van der Waals surface area contributed by atoms with Crippen LogP contribution in [0.15, 0.2) is 43.0 Å². The summed E-state index contributed by atoms with van der Waals surface area (Å²) in [7, 11) is 1.32. The Morgan fingerprint density at radius 1 is 1.40 bits per heavy atom. The third kappa shape index (κ3) is 5.55. The van der Waals surface area contributed by atoms with Crippen LogP contribution >= 0.6 is 0 Å². The van der Waals surface area contributed by atoms with Gasteiger partial charge in [0.25, 0.3) is 0 Å². The van der Waals surface area contributed by atoms with Gasteiger partial charge in [0.05, 0.1) is 25.7 Å². The van der Waals surface area contributed by atoms with E-state index in [1.807, 2.05) is 30.3 Å². The maximum absolute atomic E-state index is 11.5. The molecule has 0 bridgehead atoms. The topological polar surface area (TPSA) is 55.8 Å². The maximum Gasteiger partial charge on any atom is 0.311 e. The second kappa shape index (κ2) is 9.28. The molecule has 0 aliphatic rings. The van der Waals surface area contributed by atoms with E-state index in [1.165, 1.54) is 7.11 Å². The van der Waals surface area contributed by atoms with E-state index in [4.69, 9.17) is 4.74 Å². The van der Waals surface area contributed by atoms with Gasteiger partial charge in [-0.05, 0) is 18.4 Å². The Bertz CT molecular complexity index is 402. The van der Waals surface area contributed by atoms with Crippen molar-refractivity contribution in [1.29, 1.82) is 0 Å².